The van der Waals surface area contributed by atoms with E-state index in [-0.39, 0.29) is 35.6 Å². The van der Waals surface area contributed by atoms with E-state index in [1.165, 1.54) is 0 Å². The summed E-state index contributed by atoms with van der Waals surface area (Å²) in [6.45, 7) is 5.98. The van der Waals surface area contributed by atoms with Crippen molar-refractivity contribution in [3.63, 3.8) is 0 Å². The van der Waals surface area contributed by atoms with Crippen molar-refractivity contribution in [2.45, 2.75) is 71.0 Å². The molecule has 1 unspecified atom stereocenters. The molecule has 4 rings (SSSR count). The van der Waals surface area contributed by atoms with Crippen LogP contribution in [0.15, 0.2) is 24.3 Å². The lowest BCUT2D eigenvalue weighted by Gasteiger charge is -2.38. The Balaban J connectivity index is 1.40. The van der Waals surface area contributed by atoms with Gasteiger partial charge in [0.15, 0.2) is 0 Å². The first-order valence-corrected chi connectivity index (χ1v) is 11.4. The maximum Gasteiger partial charge on any atom is 0.243 e. The van der Waals surface area contributed by atoms with Crippen LogP contribution in [0.5, 0.6) is 0 Å². The lowest BCUT2D eigenvalue weighted by molar-refractivity contribution is -0.143. The van der Waals surface area contributed by atoms with Gasteiger partial charge in [0.2, 0.25) is 17.7 Å². The zero-order chi connectivity index (χ0) is 21.3. The SMILES string of the molecule is CC(C)CC(=O)N1Cc2ccccc2CC1C(=O)NC1CCN(C(=O)C2CC2)CC1. The van der Waals surface area contributed by atoms with Gasteiger partial charge in [-0.3, -0.25) is 14.4 Å². The third-order valence-electron chi connectivity index (χ3n) is 6.53. The normalized spacial score (nSPS) is 22.0. The van der Waals surface area contributed by atoms with Gasteiger partial charge in [-0.2, -0.15) is 0 Å². The highest BCUT2D eigenvalue weighted by atomic mass is 16.2. The van der Waals surface area contributed by atoms with Gasteiger partial charge in [-0.15, -0.1) is 0 Å². The Morgan fingerprint density at radius 1 is 1.03 bits per heavy atom. The number of fused-ring (bicyclic) bond motifs is 1. The summed E-state index contributed by atoms with van der Waals surface area (Å²) in [5, 5.41) is 3.19. The Labute approximate surface area is 179 Å². The molecule has 2 aliphatic heterocycles. The topological polar surface area (TPSA) is 69.7 Å². The fourth-order valence-electron chi connectivity index (χ4n) is 4.62. The molecule has 3 aliphatic rings. The fraction of sp³-hybridized carbons (Fsp3) is 0.625. The number of benzene rings is 1. The Kier molecular flexibility index (Phi) is 6.11. The van der Waals surface area contributed by atoms with E-state index in [1.54, 1.807) is 4.90 Å². The predicted molar refractivity (Wildman–Crippen MR) is 114 cm³/mol. The smallest absolute Gasteiger partial charge is 0.243 e. The summed E-state index contributed by atoms with van der Waals surface area (Å²) in [6.07, 6.45) is 4.64. The molecule has 1 atom stereocenters. The van der Waals surface area contributed by atoms with Gasteiger partial charge in [-0.1, -0.05) is 38.1 Å². The van der Waals surface area contributed by atoms with Gasteiger partial charge < -0.3 is 15.1 Å². The third-order valence-corrected chi connectivity index (χ3v) is 6.53. The van der Waals surface area contributed by atoms with E-state index in [0.29, 0.717) is 32.5 Å². The van der Waals surface area contributed by atoms with Crippen molar-refractivity contribution in [1.29, 1.82) is 0 Å². The van der Waals surface area contributed by atoms with Gasteiger partial charge in [0.1, 0.15) is 6.04 Å². The lowest BCUT2D eigenvalue weighted by atomic mass is 9.92. The number of hydrogen-bond donors (Lipinski definition) is 1. The van der Waals surface area contributed by atoms with Crippen molar-refractivity contribution in [1.82, 2.24) is 15.1 Å². The number of carbonyl (C=O) groups excluding carboxylic acids is 3. The van der Waals surface area contributed by atoms with Crippen LogP contribution in [0.25, 0.3) is 0 Å². The summed E-state index contributed by atoms with van der Waals surface area (Å²) < 4.78 is 0. The number of rotatable bonds is 5. The van der Waals surface area contributed by atoms with Crippen LogP contribution in [0.2, 0.25) is 0 Å². The second-order valence-electron chi connectivity index (χ2n) is 9.49. The molecule has 2 fully saturated rings. The second-order valence-corrected chi connectivity index (χ2v) is 9.49. The van der Waals surface area contributed by atoms with E-state index < -0.39 is 6.04 Å². The van der Waals surface area contributed by atoms with Crippen molar-refractivity contribution < 1.29 is 14.4 Å². The Hall–Kier alpha value is -2.37. The largest absolute Gasteiger partial charge is 0.351 e. The van der Waals surface area contributed by atoms with Crippen LogP contribution in [0.4, 0.5) is 0 Å². The maximum absolute atomic E-state index is 13.2. The van der Waals surface area contributed by atoms with Gasteiger partial charge in [0.05, 0.1) is 0 Å². The zero-order valence-electron chi connectivity index (χ0n) is 18.1. The molecule has 1 saturated carbocycles. The summed E-state index contributed by atoms with van der Waals surface area (Å²) in [6, 6.07) is 7.69. The summed E-state index contributed by atoms with van der Waals surface area (Å²) in [5.41, 5.74) is 2.28. The quantitative estimate of drug-likeness (QED) is 0.809. The average molecular weight is 412 g/mol. The molecule has 1 saturated heterocycles. The minimum absolute atomic E-state index is 0.0458. The average Bonchev–Trinajstić information content (AvgIpc) is 3.57. The molecule has 2 heterocycles. The summed E-state index contributed by atoms with van der Waals surface area (Å²) >= 11 is 0. The van der Waals surface area contributed by atoms with E-state index >= 15 is 0 Å². The van der Waals surface area contributed by atoms with Gasteiger partial charge in [0, 0.05) is 44.4 Å². The molecule has 1 N–H and O–H groups in total. The molecule has 162 valence electrons. The van der Waals surface area contributed by atoms with Crippen LogP contribution in [-0.2, 0) is 27.3 Å². The number of likely N-dealkylation sites (tertiary alicyclic amines) is 1. The number of carbonyl (C=O) groups is 3. The molecule has 6 nitrogen and oxygen atoms in total. The molecule has 0 radical (unpaired) electrons. The molecule has 3 amide bonds. The maximum atomic E-state index is 13.2. The third kappa shape index (κ3) is 4.68. The van der Waals surface area contributed by atoms with Crippen molar-refractivity contribution in [2.24, 2.45) is 11.8 Å². The van der Waals surface area contributed by atoms with Crippen LogP contribution in [0.1, 0.15) is 57.1 Å². The molecular formula is C24H33N3O3. The molecule has 0 aromatic heterocycles. The van der Waals surface area contributed by atoms with Crippen molar-refractivity contribution in [3.05, 3.63) is 35.4 Å². The zero-order valence-corrected chi connectivity index (χ0v) is 18.1. The minimum atomic E-state index is -0.461. The number of piperidine rings is 1. The number of hydrogen-bond acceptors (Lipinski definition) is 3. The minimum Gasteiger partial charge on any atom is -0.351 e. The van der Waals surface area contributed by atoms with E-state index in [4.69, 9.17) is 0 Å². The first-order valence-electron chi connectivity index (χ1n) is 11.4. The van der Waals surface area contributed by atoms with Gasteiger partial charge in [-0.25, -0.2) is 0 Å². The number of nitrogens with zero attached hydrogens (tertiary/aromatic N) is 2. The number of amides is 3. The van der Waals surface area contributed by atoms with Crippen molar-refractivity contribution >= 4 is 17.7 Å². The number of nitrogens with one attached hydrogen (secondary N) is 1. The van der Waals surface area contributed by atoms with Gasteiger partial charge in [0.25, 0.3) is 0 Å². The highest BCUT2D eigenvalue weighted by Crippen LogP contribution is 2.32. The summed E-state index contributed by atoms with van der Waals surface area (Å²) in [4.78, 5) is 42.1. The Morgan fingerprint density at radius 3 is 2.33 bits per heavy atom. The van der Waals surface area contributed by atoms with Crippen molar-refractivity contribution in [2.75, 3.05) is 13.1 Å². The second kappa shape index (κ2) is 8.78. The van der Waals surface area contributed by atoms with E-state index in [1.807, 2.05) is 36.9 Å². The van der Waals surface area contributed by atoms with E-state index in [0.717, 1.165) is 36.8 Å². The van der Waals surface area contributed by atoms with Crippen LogP contribution >= 0.6 is 0 Å². The summed E-state index contributed by atoms with van der Waals surface area (Å²) in [5.74, 6) is 0.776. The molecule has 0 bridgehead atoms. The molecule has 30 heavy (non-hydrogen) atoms. The molecule has 0 spiro atoms. The lowest BCUT2D eigenvalue weighted by Crippen LogP contribution is -2.56. The Bertz CT molecular complexity index is 810. The Morgan fingerprint density at radius 2 is 1.70 bits per heavy atom. The fourth-order valence-corrected chi connectivity index (χ4v) is 4.62. The van der Waals surface area contributed by atoms with Gasteiger partial charge >= 0.3 is 0 Å². The molecule has 1 aromatic rings. The van der Waals surface area contributed by atoms with Crippen LogP contribution < -0.4 is 5.32 Å². The highest BCUT2D eigenvalue weighted by Gasteiger charge is 2.37. The van der Waals surface area contributed by atoms with E-state index in [2.05, 4.69) is 11.4 Å². The molecule has 1 aliphatic carbocycles. The standard InChI is InChI=1S/C24H33N3O3/c1-16(2)13-22(28)27-15-19-6-4-3-5-18(19)14-21(27)23(29)25-20-9-11-26(12-10-20)24(30)17-7-8-17/h3-6,16-17,20-21H,7-15H2,1-2H3,(H,25,29). The molecular weight excluding hydrogens is 378 g/mol. The van der Waals surface area contributed by atoms with Crippen LogP contribution in [0, 0.1) is 11.8 Å². The highest BCUT2D eigenvalue weighted by molar-refractivity contribution is 5.89. The first kappa shape index (κ1) is 20.9. The summed E-state index contributed by atoms with van der Waals surface area (Å²) in [7, 11) is 0. The van der Waals surface area contributed by atoms with Crippen LogP contribution in [-0.4, -0.2) is 52.7 Å². The monoisotopic (exact) mass is 411 g/mol. The van der Waals surface area contributed by atoms with Gasteiger partial charge in [-0.05, 0) is 42.7 Å². The molecule has 6 heteroatoms. The molecule has 1 aromatic carbocycles. The van der Waals surface area contributed by atoms with Crippen molar-refractivity contribution in [3.8, 4) is 0 Å². The van der Waals surface area contributed by atoms with E-state index in [9.17, 15) is 14.4 Å². The predicted octanol–water partition coefficient (Wildman–Crippen LogP) is 2.50. The first-order chi connectivity index (χ1) is 14.4. The van der Waals surface area contributed by atoms with Crippen LogP contribution in [0.3, 0.4) is 0 Å².